The predicted molar refractivity (Wildman–Crippen MR) is 120 cm³/mol. The highest BCUT2D eigenvalue weighted by Gasteiger charge is 2.14. The van der Waals surface area contributed by atoms with Crippen LogP contribution in [0.25, 0.3) is 10.9 Å². The van der Waals surface area contributed by atoms with E-state index in [1.807, 2.05) is 30.3 Å². The molecule has 2 N–H and O–H groups in total. The number of nitrogens with zero attached hydrogens (tertiary/aromatic N) is 2. The van der Waals surface area contributed by atoms with Gasteiger partial charge in [0.2, 0.25) is 0 Å². The van der Waals surface area contributed by atoms with Crippen molar-refractivity contribution in [3.63, 3.8) is 0 Å². The molecule has 31 heavy (non-hydrogen) atoms. The second-order valence-corrected chi connectivity index (χ2v) is 6.76. The van der Waals surface area contributed by atoms with E-state index in [9.17, 15) is 9.50 Å². The van der Waals surface area contributed by atoms with Crippen LogP contribution in [0.3, 0.4) is 0 Å². The number of rotatable bonds is 6. The molecule has 0 fully saturated rings. The molecule has 0 aliphatic carbocycles. The van der Waals surface area contributed by atoms with Gasteiger partial charge in [0.05, 0.1) is 18.3 Å². The standard InChI is InChI=1S/C23H20FN3O3.ClH/c1-14-8-17(24)19(10-20(14)28)27-23-16-9-21(29-2)22(11-18(16)25-13-26-23)30-12-15-6-4-3-5-7-15;/h3-11,13,28H,12H2,1-2H3,(H,25,26,27);1H. The summed E-state index contributed by atoms with van der Waals surface area (Å²) in [6, 6.07) is 15.9. The summed E-state index contributed by atoms with van der Waals surface area (Å²) < 4.78 is 25.7. The van der Waals surface area contributed by atoms with Crippen molar-refractivity contribution in [2.24, 2.45) is 0 Å². The zero-order valence-corrected chi connectivity index (χ0v) is 17.7. The van der Waals surface area contributed by atoms with E-state index < -0.39 is 5.82 Å². The summed E-state index contributed by atoms with van der Waals surface area (Å²) in [7, 11) is 1.55. The molecule has 3 aromatic carbocycles. The first-order valence-corrected chi connectivity index (χ1v) is 9.31. The van der Waals surface area contributed by atoms with Crippen LogP contribution in [-0.2, 0) is 6.61 Å². The third-order valence-electron chi connectivity index (χ3n) is 4.70. The van der Waals surface area contributed by atoms with Gasteiger partial charge in [0.15, 0.2) is 11.5 Å². The Labute approximate surface area is 185 Å². The second kappa shape index (κ2) is 9.49. The highest BCUT2D eigenvalue weighted by atomic mass is 35.5. The van der Waals surface area contributed by atoms with Gasteiger partial charge in [-0.1, -0.05) is 30.3 Å². The molecule has 0 saturated carbocycles. The highest BCUT2D eigenvalue weighted by Crippen LogP contribution is 2.36. The number of phenols is 1. The molecular weight excluding hydrogens is 421 g/mol. The Morgan fingerprint density at radius 1 is 1.03 bits per heavy atom. The summed E-state index contributed by atoms with van der Waals surface area (Å²) in [6.07, 6.45) is 1.38. The van der Waals surface area contributed by atoms with Crippen LogP contribution in [0.15, 0.2) is 60.9 Å². The van der Waals surface area contributed by atoms with Gasteiger partial charge >= 0.3 is 0 Å². The van der Waals surface area contributed by atoms with E-state index in [0.717, 1.165) is 5.56 Å². The molecule has 0 spiro atoms. The topological polar surface area (TPSA) is 76.5 Å². The monoisotopic (exact) mass is 441 g/mol. The number of aromatic hydroxyl groups is 1. The van der Waals surface area contributed by atoms with Crippen molar-refractivity contribution in [3.05, 3.63) is 77.9 Å². The molecule has 8 heteroatoms. The van der Waals surface area contributed by atoms with Crippen LogP contribution in [-0.4, -0.2) is 22.2 Å². The molecule has 6 nitrogen and oxygen atoms in total. The van der Waals surface area contributed by atoms with Crippen LogP contribution in [0.5, 0.6) is 17.2 Å². The number of nitrogens with one attached hydrogen (secondary N) is 1. The Balaban J connectivity index is 0.00000272. The van der Waals surface area contributed by atoms with Gasteiger partial charge in [0.1, 0.15) is 30.3 Å². The van der Waals surface area contributed by atoms with E-state index in [0.29, 0.717) is 40.4 Å². The number of methoxy groups -OCH3 is 1. The van der Waals surface area contributed by atoms with Gasteiger partial charge in [-0.2, -0.15) is 0 Å². The second-order valence-electron chi connectivity index (χ2n) is 6.76. The number of phenolic OH excluding ortho intramolecular Hbond substituents is 1. The average molecular weight is 442 g/mol. The molecule has 0 aliphatic heterocycles. The van der Waals surface area contributed by atoms with Gasteiger partial charge in [0, 0.05) is 17.5 Å². The zero-order valence-electron chi connectivity index (χ0n) is 16.9. The Kier molecular flexibility index (Phi) is 6.77. The lowest BCUT2D eigenvalue weighted by molar-refractivity contribution is 0.285. The SMILES string of the molecule is COc1cc2c(Nc3cc(O)c(C)cc3F)ncnc2cc1OCc1ccccc1.Cl. The molecule has 0 radical (unpaired) electrons. The maximum atomic E-state index is 14.3. The first-order chi connectivity index (χ1) is 14.5. The molecule has 0 unspecified atom stereocenters. The summed E-state index contributed by atoms with van der Waals surface area (Å²) in [5, 5.41) is 13.5. The zero-order chi connectivity index (χ0) is 21.1. The summed E-state index contributed by atoms with van der Waals surface area (Å²) in [6.45, 7) is 2.01. The Hall–Kier alpha value is -3.58. The molecule has 4 rings (SSSR count). The van der Waals surface area contributed by atoms with Gasteiger partial charge in [-0.05, 0) is 30.2 Å². The van der Waals surface area contributed by atoms with Crippen molar-refractivity contribution in [3.8, 4) is 17.2 Å². The summed E-state index contributed by atoms with van der Waals surface area (Å²) >= 11 is 0. The van der Waals surface area contributed by atoms with Crippen molar-refractivity contribution in [2.45, 2.75) is 13.5 Å². The van der Waals surface area contributed by atoms with Crippen LogP contribution in [0.2, 0.25) is 0 Å². The Bertz CT molecular complexity index is 1210. The Morgan fingerprint density at radius 3 is 2.55 bits per heavy atom. The highest BCUT2D eigenvalue weighted by molar-refractivity contribution is 5.93. The van der Waals surface area contributed by atoms with Crippen molar-refractivity contribution in [2.75, 3.05) is 12.4 Å². The van der Waals surface area contributed by atoms with E-state index in [-0.39, 0.29) is 23.8 Å². The smallest absolute Gasteiger partial charge is 0.163 e. The molecule has 160 valence electrons. The van der Waals surface area contributed by atoms with Crippen LogP contribution in [0, 0.1) is 12.7 Å². The van der Waals surface area contributed by atoms with Crippen LogP contribution < -0.4 is 14.8 Å². The molecule has 0 atom stereocenters. The van der Waals surface area contributed by atoms with E-state index in [1.165, 1.54) is 18.5 Å². The van der Waals surface area contributed by atoms with E-state index >= 15 is 0 Å². The lowest BCUT2D eigenvalue weighted by Gasteiger charge is -2.14. The molecule has 1 heterocycles. The number of halogens is 2. The predicted octanol–water partition coefficient (Wildman–Crippen LogP) is 5.54. The number of aryl methyl sites for hydroxylation is 1. The third kappa shape index (κ3) is 4.78. The van der Waals surface area contributed by atoms with Crippen molar-refractivity contribution in [1.82, 2.24) is 9.97 Å². The van der Waals surface area contributed by atoms with Crippen molar-refractivity contribution in [1.29, 1.82) is 0 Å². The fourth-order valence-corrected chi connectivity index (χ4v) is 3.06. The van der Waals surface area contributed by atoms with Crippen molar-refractivity contribution >= 4 is 34.8 Å². The number of ether oxygens (including phenoxy) is 2. The minimum atomic E-state index is -0.494. The minimum Gasteiger partial charge on any atom is -0.508 e. The van der Waals surface area contributed by atoms with E-state index in [1.54, 1.807) is 26.2 Å². The maximum absolute atomic E-state index is 14.3. The van der Waals surface area contributed by atoms with Gasteiger partial charge < -0.3 is 19.9 Å². The van der Waals surface area contributed by atoms with Gasteiger partial charge in [-0.3, -0.25) is 0 Å². The quantitative estimate of drug-likeness (QED) is 0.409. The molecule has 4 aromatic rings. The molecule has 0 amide bonds. The van der Waals surface area contributed by atoms with E-state index in [4.69, 9.17) is 9.47 Å². The number of aromatic nitrogens is 2. The lowest BCUT2D eigenvalue weighted by atomic mass is 10.1. The van der Waals surface area contributed by atoms with Crippen LogP contribution in [0.4, 0.5) is 15.9 Å². The molecule has 1 aromatic heterocycles. The van der Waals surface area contributed by atoms with Gasteiger partial charge in [-0.15, -0.1) is 12.4 Å². The Morgan fingerprint density at radius 2 is 1.81 bits per heavy atom. The summed E-state index contributed by atoms with van der Waals surface area (Å²) in [5.74, 6) is 0.925. The minimum absolute atomic E-state index is 0. The summed E-state index contributed by atoms with van der Waals surface area (Å²) in [5.41, 5.74) is 2.20. The number of fused-ring (bicyclic) bond motifs is 1. The third-order valence-corrected chi connectivity index (χ3v) is 4.70. The van der Waals surface area contributed by atoms with E-state index in [2.05, 4.69) is 15.3 Å². The molecule has 0 aliphatic rings. The van der Waals surface area contributed by atoms with Gasteiger partial charge in [-0.25, -0.2) is 14.4 Å². The molecule has 0 saturated heterocycles. The number of anilines is 2. The number of benzene rings is 3. The average Bonchev–Trinajstić information content (AvgIpc) is 2.76. The fraction of sp³-hybridized carbons (Fsp3) is 0.130. The number of hydrogen-bond donors (Lipinski definition) is 2. The first kappa shape index (κ1) is 22.1. The molecule has 0 bridgehead atoms. The maximum Gasteiger partial charge on any atom is 0.163 e. The van der Waals surface area contributed by atoms with Crippen molar-refractivity contribution < 1.29 is 19.0 Å². The largest absolute Gasteiger partial charge is 0.508 e. The number of hydrogen-bond acceptors (Lipinski definition) is 6. The van der Waals surface area contributed by atoms with Gasteiger partial charge in [0.25, 0.3) is 0 Å². The van der Waals surface area contributed by atoms with Crippen LogP contribution in [0.1, 0.15) is 11.1 Å². The summed E-state index contributed by atoms with van der Waals surface area (Å²) in [4.78, 5) is 8.53. The van der Waals surface area contributed by atoms with Crippen LogP contribution >= 0.6 is 12.4 Å². The first-order valence-electron chi connectivity index (χ1n) is 9.31. The fourth-order valence-electron chi connectivity index (χ4n) is 3.06. The normalized spacial score (nSPS) is 10.4. The molecular formula is C23H21ClFN3O3. The lowest BCUT2D eigenvalue weighted by Crippen LogP contribution is -2.01.